The first-order valence-corrected chi connectivity index (χ1v) is 16.2. The van der Waals surface area contributed by atoms with Gasteiger partial charge in [-0.1, -0.05) is 102 Å². The molecule has 2 aromatic rings. The number of anilines is 1. The SMILES string of the molecule is Br.CCCCCCCCCCCCCCOc1c(C(C)=O)cccc1C(=O)Nc1ccccc1CN1C=C(C)SC1. The fourth-order valence-corrected chi connectivity index (χ4v) is 5.82. The number of halogens is 1. The van der Waals surface area contributed by atoms with Gasteiger partial charge in [0.15, 0.2) is 5.78 Å². The molecule has 226 valence electrons. The largest absolute Gasteiger partial charge is 0.492 e. The van der Waals surface area contributed by atoms with E-state index >= 15 is 0 Å². The van der Waals surface area contributed by atoms with Crippen molar-refractivity contribution in [3.8, 4) is 5.75 Å². The summed E-state index contributed by atoms with van der Waals surface area (Å²) in [7, 11) is 0. The van der Waals surface area contributed by atoms with Crippen LogP contribution in [0, 0.1) is 0 Å². The van der Waals surface area contributed by atoms with Gasteiger partial charge in [-0.2, -0.15) is 0 Å². The fourth-order valence-electron chi connectivity index (χ4n) is 5.06. The van der Waals surface area contributed by atoms with Crippen LogP contribution in [-0.2, 0) is 6.54 Å². The van der Waals surface area contributed by atoms with Crippen molar-refractivity contribution in [3.63, 3.8) is 0 Å². The van der Waals surface area contributed by atoms with Crippen LogP contribution in [0.3, 0.4) is 0 Å². The van der Waals surface area contributed by atoms with E-state index in [1.54, 1.807) is 18.2 Å². The Balaban J connectivity index is 0.00000588. The highest BCUT2D eigenvalue weighted by molar-refractivity contribution is 8.93. The summed E-state index contributed by atoms with van der Waals surface area (Å²) in [6.45, 7) is 7.11. The molecular weight excluding hydrogens is 596 g/mol. The number of allylic oxidation sites excluding steroid dienone is 1. The number of hydrogen-bond acceptors (Lipinski definition) is 5. The molecule has 0 unspecified atom stereocenters. The number of benzene rings is 2. The number of amides is 1. The van der Waals surface area contributed by atoms with Crippen LogP contribution in [0.1, 0.15) is 124 Å². The van der Waals surface area contributed by atoms with Gasteiger partial charge in [0.25, 0.3) is 5.91 Å². The smallest absolute Gasteiger partial charge is 0.259 e. The summed E-state index contributed by atoms with van der Waals surface area (Å²) in [4.78, 5) is 29.4. The molecule has 0 fully saturated rings. The molecule has 0 saturated heterocycles. The molecule has 2 aromatic carbocycles. The second kappa shape index (κ2) is 19.8. The van der Waals surface area contributed by atoms with E-state index < -0.39 is 0 Å². The Hall–Kier alpha value is -2.25. The minimum Gasteiger partial charge on any atom is -0.492 e. The van der Waals surface area contributed by atoms with E-state index in [0.717, 1.165) is 36.5 Å². The number of rotatable bonds is 19. The van der Waals surface area contributed by atoms with Crippen LogP contribution in [0.15, 0.2) is 53.6 Å². The van der Waals surface area contributed by atoms with E-state index in [0.29, 0.717) is 23.5 Å². The van der Waals surface area contributed by atoms with E-state index in [1.165, 1.54) is 76.0 Å². The molecular formula is C34H49BrN2O3S. The maximum Gasteiger partial charge on any atom is 0.259 e. The third kappa shape index (κ3) is 12.3. The number of nitrogens with zero attached hydrogens (tertiary/aromatic N) is 1. The Bertz CT molecular complexity index is 1120. The number of Topliss-reactive ketones (excluding diaryl/α,β-unsaturated/α-hetero) is 1. The van der Waals surface area contributed by atoms with Crippen LogP contribution >= 0.6 is 28.7 Å². The predicted molar refractivity (Wildman–Crippen MR) is 179 cm³/mol. The molecule has 3 rings (SSSR count). The molecule has 0 atom stereocenters. The Labute approximate surface area is 262 Å². The third-order valence-electron chi connectivity index (χ3n) is 7.34. The monoisotopic (exact) mass is 644 g/mol. The van der Waals surface area contributed by atoms with E-state index in [4.69, 9.17) is 4.74 Å². The second-order valence-corrected chi connectivity index (χ2v) is 12.0. The molecule has 0 aliphatic carbocycles. The summed E-state index contributed by atoms with van der Waals surface area (Å²) in [6, 6.07) is 13.1. The van der Waals surface area contributed by atoms with Gasteiger partial charge in [-0.25, -0.2) is 0 Å². The average Bonchev–Trinajstić information content (AvgIpc) is 3.36. The number of para-hydroxylation sites is 2. The van der Waals surface area contributed by atoms with Crippen LogP contribution in [0.4, 0.5) is 5.69 Å². The molecule has 0 radical (unpaired) electrons. The van der Waals surface area contributed by atoms with Gasteiger partial charge in [-0.15, -0.1) is 28.7 Å². The summed E-state index contributed by atoms with van der Waals surface area (Å²) in [5, 5.41) is 3.08. The molecule has 0 saturated carbocycles. The Morgan fingerprint density at radius 1 is 0.854 bits per heavy atom. The highest BCUT2D eigenvalue weighted by Crippen LogP contribution is 2.29. The third-order valence-corrected chi connectivity index (χ3v) is 8.37. The van der Waals surface area contributed by atoms with Crippen molar-refractivity contribution >= 4 is 46.1 Å². The Morgan fingerprint density at radius 2 is 1.46 bits per heavy atom. The summed E-state index contributed by atoms with van der Waals surface area (Å²) >= 11 is 1.82. The molecule has 41 heavy (non-hydrogen) atoms. The first-order chi connectivity index (χ1) is 19.5. The highest BCUT2D eigenvalue weighted by Gasteiger charge is 2.20. The molecule has 1 aliphatic rings. The van der Waals surface area contributed by atoms with Gasteiger partial charge in [0.1, 0.15) is 5.75 Å². The number of hydrogen-bond donors (Lipinski definition) is 1. The van der Waals surface area contributed by atoms with Crippen molar-refractivity contribution in [1.29, 1.82) is 0 Å². The van der Waals surface area contributed by atoms with Crippen molar-refractivity contribution in [1.82, 2.24) is 4.90 Å². The maximum absolute atomic E-state index is 13.5. The molecule has 1 N–H and O–H groups in total. The maximum atomic E-state index is 13.5. The Kier molecular flexibility index (Phi) is 16.9. The average molecular weight is 646 g/mol. The number of unbranched alkanes of at least 4 members (excludes halogenated alkanes) is 11. The van der Waals surface area contributed by atoms with Gasteiger partial charge in [-0.3, -0.25) is 9.59 Å². The van der Waals surface area contributed by atoms with E-state index in [-0.39, 0.29) is 28.7 Å². The van der Waals surface area contributed by atoms with Gasteiger partial charge in [0.05, 0.1) is 23.6 Å². The van der Waals surface area contributed by atoms with Crippen LogP contribution in [0.5, 0.6) is 5.75 Å². The minimum atomic E-state index is -0.261. The second-order valence-electron chi connectivity index (χ2n) is 10.8. The molecule has 0 bridgehead atoms. The summed E-state index contributed by atoms with van der Waals surface area (Å²) in [5.41, 5.74) is 2.67. The lowest BCUT2D eigenvalue weighted by Crippen LogP contribution is -2.19. The number of carbonyl (C=O) groups excluding carboxylic acids is 2. The standard InChI is InChI=1S/C34H48N2O3S.BrH/c1-4-5-6-7-8-9-10-11-12-13-14-17-23-39-33-30(28(3)37)20-18-21-31(33)34(38)35-32-22-16-15-19-29(32)25-36-24-27(2)40-26-36;/h15-16,18-22,24H,4-14,17,23,25-26H2,1-3H3,(H,35,38);1H. The molecule has 0 spiro atoms. The normalized spacial score (nSPS) is 12.6. The minimum absolute atomic E-state index is 0. The predicted octanol–water partition coefficient (Wildman–Crippen LogP) is 10.2. The van der Waals surface area contributed by atoms with E-state index in [2.05, 4.69) is 30.3 Å². The zero-order valence-electron chi connectivity index (χ0n) is 25.2. The summed E-state index contributed by atoms with van der Waals surface area (Å²) < 4.78 is 6.13. The number of thioether (sulfide) groups is 1. The number of carbonyl (C=O) groups is 2. The van der Waals surface area contributed by atoms with Gasteiger partial charge in [-0.05, 0) is 48.9 Å². The fraction of sp³-hybridized carbons (Fsp3) is 0.529. The number of ether oxygens (including phenoxy) is 1. The van der Waals surface area contributed by atoms with Gasteiger partial charge in [0, 0.05) is 18.4 Å². The molecule has 1 heterocycles. The van der Waals surface area contributed by atoms with Crippen molar-refractivity contribution in [3.05, 3.63) is 70.3 Å². The topological polar surface area (TPSA) is 58.6 Å². The van der Waals surface area contributed by atoms with E-state index in [1.807, 2.05) is 36.0 Å². The molecule has 0 aromatic heterocycles. The highest BCUT2D eigenvalue weighted by atomic mass is 79.9. The van der Waals surface area contributed by atoms with Gasteiger partial charge in [0.2, 0.25) is 0 Å². The first kappa shape index (κ1) is 34.9. The summed E-state index contributed by atoms with van der Waals surface area (Å²) in [6.07, 6.45) is 17.4. The number of nitrogens with one attached hydrogen (secondary N) is 1. The van der Waals surface area contributed by atoms with Crippen LogP contribution < -0.4 is 10.1 Å². The quantitative estimate of drug-likeness (QED) is 0.122. The lowest BCUT2D eigenvalue weighted by Gasteiger charge is -2.19. The van der Waals surface area contributed by atoms with Gasteiger partial charge >= 0.3 is 0 Å². The first-order valence-electron chi connectivity index (χ1n) is 15.2. The van der Waals surface area contributed by atoms with E-state index in [9.17, 15) is 9.59 Å². The van der Waals surface area contributed by atoms with Crippen molar-refractivity contribution in [2.45, 2.75) is 104 Å². The van der Waals surface area contributed by atoms with Crippen LogP contribution in [0.25, 0.3) is 0 Å². The van der Waals surface area contributed by atoms with Crippen molar-refractivity contribution < 1.29 is 14.3 Å². The molecule has 1 aliphatic heterocycles. The number of ketones is 1. The lowest BCUT2D eigenvalue weighted by molar-refractivity contribution is 0.101. The summed E-state index contributed by atoms with van der Waals surface area (Å²) in [5.74, 6) is 0.935. The lowest BCUT2D eigenvalue weighted by atomic mass is 10.0. The zero-order valence-corrected chi connectivity index (χ0v) is 27.7. The van der Waals surface area contributed by atoms with Gasteiger partial charge < -0.3 is 15.0 Å². The Morgan fingerprint density at radius 3 is 2.07 bits per heavy atom. The molecule has 7 heteroatoms. The molecule has 5 nitrogen and oxygen atoms in total. The van der Waals surface area contributed by atoms with Crippen LogP contribution in [-0.4, -0.2) is 29.1 Å². The van der Waals surface area contributed by atoms with Crippen molar-refractivity contribution in [2.24, 2.45) is 0 Å². The zero-order chi connectivity index (χ0) is 28.6. The van der Waals surface area contributed by atoms with Crippen LogP contribution in [0.2, 0.25) is 0 Å². The van der Waals surface area contributed by atoms with Crippen molar-refractivity contribution in [2.75, 3.05) is 17.8 Å². The molecule has 1 amide bonds.